The maximum absolute atomic E-state index is 11.1. The fraction of sp³-hybridized carbons (Fsp3) is 0.300. The Morgan fingerprint density at radius 2 is 2.12 bits per heavy atom. The number of halogens is 1. The van der Waals surface area contributed by atoms with E-state index in [1.807, 2.05) is 0 Å². The maximum Gasteiger partial charge on any atom is 0.261 e. The molecule has 1 fully saturated rings. The van der Waals surface area contributed by atoms with Crippen LogP contribution in [0.3, 0.4) is 0 Å². The van der Waals surface area contributed by atoms with Crippen molar-refractivity contribution < 1.29 is 12.8 Å². The molecule has 0 radical (unpaired) electrons. The molecule has 1 aliphatic carbocycles. The average Bonchev–Trinajstić information content (AvgIpc) is 2.96. The highest BCUT2D eigenvalue weighted by Crippen LogP contribution is 2.40. The summed E-state index contributed by atoms with van der Waals surface area (Å²) in [6.07, 6.45) is 2.18. The zero-order chi connectivity index (χ0) is 11.3. The largest absolute Gasteiger partial charge is 0.440 e. The second-order valence-electron chi connectivity index (χ2n) is 3.89. The molecule has 1 saturated carbocycles. The van der Waals surface area contributed by atoms with Crippen LogP contribution in [0.5, 0.6) is 0 Å². The van der Waals surface area contributed by atoms with Crippen LogP contribution < -0.4 is 0 Å². The summed E-state index contributed by atoms with van der Waals surface area (Å²) in [6.45, 7) is 0. The minimum absolute atomic E-state index is 0.0531. The van der Waals surface area contributed by atoms with Gasteiger partial charge in [0.1, 0.15) is 5.52 Å². The van der Waals surface area contributed by atoms with Gasteiger partial charge in [-0.05, 0) is 31.0 Å². The Hall–Kier alpha value is -1.07. The van der Waals surface area contributed by atoms with Crippen LogP contribution in [0.15, 0.2) is 27.5 Å². The van der Waals surface area contributed by atoms with Gasteiger partial charge in [-0.15, -0.1) is 0 Å². The lowest BCUT2D eigenvalue weighted by Crippen LogP contribution is -1.89. The molecule has 0 amide bonds. The van der Waals surface area contributed by atoms with E-state index in [0.717, 1.165) is 12.8 Å². The number of oxazole rings is 1. The molecule has 2 aromatic rings. The van der Waals surface area contributed by atoms with E-state index in [0.29, 0.717) is 22.9 Å². The van der Waals surface area contributed by atoms with Crippen LogP contribution in [0.4, 0.5) is 0 Å². The first kappa shape index (κ1) is 10.1. The highest BCUT2D eigenvalue weighted by Gasteiger charge is 2.29. The molecule has 0 unspecified atom stereocenters. The first-order valence-corrected chi connectivity index (χ1v) is 7.20. The molecule has 3 rings (SSSR count). The second-order valence-corrected chi connectivity index (χ2v) is 6.46. The van der Waals surface area contributed by atoms with Gasteiger partial charge in [0.2, 0.25) is 0 Å². The number of hydrogen-bond acceptors (Lipinski definition) is 4. The van der Waals surface area contributed by atoms with Crippen molar-refractivity contribution in [2.24, 2.45) is 0 Å². The van der Waals surface area contributed by atoms with Gasteiger partial charge >= 0.3 is 0 Å². The Labute approximate surface area is 96.6 Å². The van der Waals surface area contributed by atoms with Crippen molar-refractivity contribution >= 4 is 30.8 Å². The van der Waals surface area contributed by atoms with Gasteiger partial charge in [-0.1, -0.05) is 0 Å². The number of fused-ring (bicyclic) bond motifs is 1. The van der Waals surface area contributed by atoms with Crippen molar-refractivity contribution in [1.82, 2.24) is 4.98 Å². The topological polar surface area (TPSA) is 60.2 Å². The smallest absolute Gasteiger partial charge is 0.261 e. The second kappa shape index (κ2) is 3.21. The molecule has 1 heterocycles. The van der Waals surface area contributed by atoms with Crippen LogP contribution >= 0.6 is 10.7 Å². The van der Waals surface area contributed by atoms with Crippen LogP contribution in [0.25, 0.3) is 11.1 Å². The molecule has 0 atom stereocenters. The third-order valence-corrected chi connectivity index (χ3v) is 3.94. The van der Waals surface area contributed by atoms with Gasteiger partial charge in [-0.3, -0.25) is 0 Å². The van der Waals surface area contributed by atoms with Crippen molar-refractivity contribution in [3.8, 4) is 0 Å². The molecule has 1 aliphatic rings. The number of nitrogens with zero attached hydrogens (tertiary/aromatic N) is 1. The highest BCUT2D eigenvalue weighted by atomic mass is 35.7. The third-order valence-electron chi connectivity index (χ3n) is 2.58. The van der Waals surface area contributed by atoms with Crippen LogP contribution in [0.1, 0.15) is 24.7 Å². The number of aromatic nitrogens is 1. The molecule has 1 aromatic carbocycles. The molecule has 16 heavy (non-hydrogen) atoms. The van der Waals surface area contributed by atoms with Gasteiger partial charge in [0.15, 0.2) is 11.5 Å². The van der Waals surface area contributed by atoms with Gasteiger partial charge in [0.05, 0.1) is 4.90 Å². The van der Waals surface area contributed by atoms with E-state index >= 15 is 0 Å². The van der Waals surface area contributed by atoms with E-state index in [9.17, 15) is 8.42 Å². The standard InChI is InChI=1S/C10H8ClNO3S/c11-16(13,14)7-3-4-9-8(5-7)12-10(15-9)6-1-2-6/h3-6H,1-2H2. The summed E-state index contributed by atoms with van der Waals surface area (Å²) < 4.78 is 27.8. The van der Waals surface area contributed by atoms with E-state index in [1.165, 1.54) is 12.1 Å². The molecule has 0 aliphatic heterocycles. The maximum atomic E-state index is 11.1. The molecule has 0 saturated heterocycles. The summed E-state index contributed by atoms with van der Waals surface area (Å²) in [4.78, 5) is 4.31. The number of benzene rings is 1. The monoisotopic (exact) mass is 257 g/mol. The zero-order valence-electron chi connectivity index (χ0n) is 8.18. The minimum atomic E-state index is -3.70. The molecule has 1 aromatic heterocycles. The van der Waals surface area contributed by atoms with E-state index in [2.05, 4.69) is 4.98 Å². The fourth-order valence-corrected chi connectivity index (χ4v) is 2.35. The predicted octanol–water partition coefficient (Wildman–Crippen LogP) is 2.63. The molecular weight excluding hydrogens is 250 g/mol. The zero-order valence-corrected chi connectivity index (χ0v) is 9.75. The van der Waals surface area contributed by atoms with Gasteiger partial charge in [-0.25, -0.2) is 13.4 Å². The van der Waals surface area contributed by atoms with Gasteiger partial charge in [0.25, 0.3) is 9.05 Å². The van der Waals surface area contributed by atoms with Crippen LogP contribution in [-0.2, 0) is 9.05 Å². The van der Waals surface area contributed by atoms with Crippen molar-refractivity contribution in [3.63, 3.8) is 0 Å². The third kappa shape index (κ3) is 1.70. The Bertz CT molecular complexity index is 658. The molecule has 0 bridgehead atoms. The van der Waals surface area contributed by atoms with Crippen molar-refractivity contribution in [1.29, 1.82) is 0 Å². The first-order chi connectivity index (χ1) is 7.54. The van der Waals surface area contributed by atoms with Crippen molar-refractivity contribution in [2.75, 3.05) is 0 Å². The van der Waals surface area contributed by atoms with Crippen molar-refractivity contribution in [3.05, 3.63) is 24.1 Å². The van der Waals surface area contributed by atoms with Gasteiger partial charge in [-0.2, -0.15) is 0 Å². The van der Waals surface area contributed by atoms with Gasteiger partial charge < -0.3 is 4.42 Å². The summed E-state index contributed by atoms with van der Waals surface area (Å²) in [5.74, 6) is 1.10. The summed E-state index contributed by atoms with van der Waals surface area (Å²) in [7, 11) is 1.56. The number of hydrogen-bond donors (Lipinski definition) is 0. The summed E-state index contributed by atoms with van der Waals surface area (Å²) in [6, 6.07) is 4.45. The molecule has 4 nitrogen and oxygen atoms in total. The van der Waals surface area contributed by atoms with E-state index < -0.39 is 9.05 Å². The van der Waals surface area contributed by atoms with E-state index in [-0.39, 0.29) is 4.90 Å². The van der Waals surface area contributed by atoms with Crippen LogP contribution in [0.2, 0.25) is 0 Å². The van der Waals surface area contributed by atoms with Crippen molar-refractivity contribution in [2.45, 2.75) is 23.7 Å². The SMILES string of the molecule is O=S(=O)(Cl)c1ccc2oc(C3CC3)nc2c1. The lowest BCUT2D eigenvalue weighted by molar-refractivity contribution is 0.533. The Balaban J connectivity index is 2.17. The lowest BCUT2D eigenvalue weighted by atomic mass is 10.3. The fourth-order valence-electron chi connectivity index (χ4n) is 1.58. The predicted molar refractivity (Wildman–Crippen MR) is 59.0 cm³/mol. The van der Waals surface area contributed by atoms with Crippen LogP contribution in [0, 0.1) is 0 Å². The molecular formula is C10H8ClNO3S. The highest BCUT2D eigenvalue weighted by molar-refractivity contribution is 8.13. The molecule has 0 spiro atoms. The summed E-state index contributed by atoms with van der Waals surface area (Å²) in [5.41, 5.74) is 1.15. The molecule has 0 N–H and O–H groups in total. The Kier molecular flexibility index (Phi) is 2.03. The summed E-state index contributed by atoms with van der Waals surface area (Å²) in [5, 5.41) is 0. The quantitative estimate of drug-likeness (QED) is 0.776. The molecule has 84 valence electrons. The first-order valence-electron chi connectivity index (χ1n) is 4.89. The number of rotatable bonds is 2. The average molecular weight is 258 g/mol. The molecule has 6 heteroatoms. The van der Waals surface area contributed by atoms with E-state index in [4.69, 9.17) is 15.1 Å². The normalized spacial score (nSPS) is 16.8. The minimum Gasteiger partial charge on any atom is -0.440 e. The summed E-state index contributed by atoms with van der Waals surface area (Å²) >= 11 is 0. The Morgan fingerprint density at radius 1 is 1.38 bits per heavy atom. The Morgan fingerprint density at radius 3 is 2.75 bits per heavy atom. The van der Waals surface area contributed by atoms with Gasteiger partial charge in [0, 0.05) is 16.6 Å². The lowest BCUT2D eigenvalue weighted by Gasteiger charge is -1.93. The van der Waals surface area contributed by atoms with Crippen LogP contribution in [-0.4, -0.2) is 13.4 Å². The van der Waals surface area contributed by atoms with E-state index in [1.54, 1.807) is 6.07 Å².